The van der Waals surface area contributed by atoms with Gasteiger partial charge >= 0.3 is 6.03 Å². The van der Waals surface area contributed by atoms with E-state index in [9.17, 15) is 14.4 Å². The number of urea groups is 1. The number of nitrogens with one attached hydrogen (secondary N) is 3. The van der Waals surface area contributed by atoms with Crippen molar-refractivity contribution >= 4 is 17.8 Å². The van der Waals surface area contributed by atoms with Gasteiger partial charge in [-0.3, -0.25) is 19.8 Å². The second-order valence-electron chi connectivity index (χ2n) is 3.61. The number of imide groups is 1. The maximum absolute atomic E-state index is 11.6. The summed E-state index contributed by atoms with van der Waals surface area (Å²) in [7, 11) is 3.16. The molecular formula is C10H20N4O3. The van der Waals surface area contributed by atoms with Gasteiger partial charge in [0.15, 0.2) is 0 Å². The Morgan fingerprint density at radius 3 is 2.35 bits per heavy atom. The van der Waals surface area contributed by atoms with Crippen LogP contribution in [0.25, 0.3) is 0 Å². The summed E-state index contributed by atoms with van der Waals surface area (Å²) < 4.78 is 0. The van der Waals surface area contributed by atoms with Crippen molar-refractivity contribution in [3.05, 3.63) is 0 Å². The molecule has 0 saturated heterocycles. The molecule has 98 valence electrons. The van der Waals surface area contributed by atoms with Crippen LogP contribution in [0.1, 0.15) is 13.8 Å². The summed E-state index contributed by atoms with van der Waals surface area (Å²) in [5, 5.41) is 7.10. The average molecular weight is 244 g/mol. The number of carbonyl (C=O) groups excluding carboxylic acids is 3. The molecule has 0 heterocycles. The van der Waals surface area contributed by atoms with Crippen molar-refractivity contribution in [1.82, 2.24) is 20.9 Å². The van der Waals surface area contributed by atoms with Gasteiger partial charge in [-0.25, -0.2) is 4.79 Å². The zero-order valence-electron chi connectivity index (χ0n) is 10.7. The molecule has 0 aliphatic rings. The van der Waals surface area contributed by atoms with Crippen molar-refractivity contribution < 1.29 is 14.4 Å². The third kappa shape index (κ3) is 5.86. The Balaban J connectivity index is 4.20. The predicted molar refractivity (Wildman–Crippen MR) is 63.4 cm³/mol. The topological polar surface area (TPSA) is 90.5 Å². The highest BCUT2D eigenvalue weighted by Crippen LogP contribution is 1.94. The normalized spacial score (nSPS) is 11.8. The van der Waals surface area contributed by atoms with Gasteiger partial charge < -0.3 is 10.6 Å². The lowest BCUT2D eigenvalue weighted by atomic mass is 10.2. The monoisotopic (exact) mass is 244 g/mol. The van der Waals surface area contributed by atoms with E-state index in [1.165, 1.54) is 7.05 Å². The number of nitrogens with zero attached hydrogens (tertiary/aromatic N) is 1. The summed E-state index contributed by atoms with van der Waals surface area (Å²) in [6, 6.07) is -1.09. The van der Waals surface area contributed by atoms with E-state index < -0.39 is 18.0 Å². The maximum Gasteiger partial charge on any atom is 0.321 e. The van der Waals surface area contributed by atoms with Crippen LogP contribution in [0, 0.1) is 0 Å². The van der Waals surface area contributed by atoms with Crippen LogP contribution in [0.4, 0.5) is 4.79 Å². The van der Waals surface area contributed by atoms with E-state index in [0.29, 0.717) is 6.54 Å². The van der Waals surface area contributed by atoms with Gasteiger partial charge in [-0.15, -0.1) is 0 Å². The van der Waals surface area contributed by atoms with Crippen molar-refractivity contribution in [3.8, 4) is 0 Å². The van der Waals surface area contributed by atoms with Crippen LogP contribution in [-0.4, -0.2) is 56.0 Å². The predicted octanol–water partition coefficient (Wildman–Crippen LogP) is -1.10. The fourth-order valence-electron chi connectivity index (χ4n) is 1.06. The van der Waals surface area contributed by atoms with Gasteiger partial charge in [0.2, 0.25) is 11.8 Å². The van der Waals surface area contributed by atoms with Gasteiger partial charge in [-0.2, -0.15) is 0 Å². The Bertz CT molecular complexity index is 293. The first-order valence-corrected chi connectivity index (χ1v) is 5.41. The summed E-state index contributed by atoms with van der Waals surface area (Å²) in [5.41, 5.74) is 0. The van der Waals surface area contributed by atoms with E-state index in [2.05, 4.69) is 16.0 Å². The molecular weight excluding hydrogens is 224 g/mol. The van der Waals surface area contributed by atoms with Gasteiger partial charge in [0.1, 0.15) is 0 Å². The Morgan fingerprint density at radius 2 is 1.88 bits per heavy atom. The molecule has 0 aromatic heterocycles. The van der Waals surface area contributed by atoms with E-state index >= 15 is 0 Å². The van der Waals surface area contributed by atoms with Gasteiger partial charge in [0.05, 0.1) is 12.6 Å². The molecule has 0 rings (SSSR count). The van der Waals surface area contributed by atoms with Crippen LogP contribution in [0.15, 0.2) is 0 Å². The van der Waals surface area contributed by atoms with E-state index in [1.807, 2.05) is 0 Å². The fraction of sp³-hybridized carbons (Fsp3) is 0.700. The Hall–Kier alpha value is -1.63. The lowest BCUT2D eigenvalue weighted by Crippen LogP contribution is -2.50. The average Bonchev–Trinajstić information content (AvgIpc) is 2.27. The molecule has 1 unspecified atom stereocenters. The number of hydrogen-bond acceptors (Lipinski definition) is 4. The van der Waals surface area contributed by atoms with Gasteiger partial charge in [0.25, 0.3) is 0 Å². The van der Waals surface area contributed by atoms with Gasteiger partial charge in [-0.1, -0.05) is 0 Å². The molecule has 7 nitrogen and oxygen atoms in total. The SMILES string of the molecule is CCNC(=O)NC(=O)C(C)N(C)CC(=O)NC. The minimum absolute atomic E-state index is 0.0977. The van der Waals surface area contributed by atoms with Crippen molar-refractivity contribution in [3.63, 3.8) is 0 Å². The number of carbonyl (C=O) groups is 3. The van der Waals surface area contributed by atoms with Gasteiger partial charge in [0, 0.05) is 13.6 Å². The van der Waals surface area contributed by atoms with Crippen molar-refractivity contribution in [2.45, 2.75) is 19.9 Å². The lowest BCUT2D eigenvalue weighted by Gasteiger charge is -2.22. The van der Waals surface area contributed by atoms with Crippen LogP contribution in [0.2, 0.25) is 0 Å². The number of rotatable bonds is 5. The van der Waals surface area contributed by atoms with Gasteiger partial charge in [-0.05, 0) is 20.9 Å². The highest BCUT2D eigenvalue weighted by atomic mass is 16.2. The molecule has 0 spiro atoms. The largest absolute Gasteiger partial charge is 0.358 e. The Labute approximate surface area is 101 Å². The first-order valence-electron chi connectivity index (χ1n) is 5.41. The molecule has 0 aromatic rings. The summed E-state index contributed by atoms with van der Waals surface area (Å²) in [6.45, 7) is 3.92. The minimum Gasteiger partial charge on any atom is -0.358 e. The van der Waals surface area contributed by atoms with E-state index in [0.717, 1.165) is 0 Å². The van der Waals surface area contributed by atoms with Crippen molar-refractivity contribution in [1.29, 1.82) is 0 Å². The van der Waals surface area contributed by atoms with Crippen LogP contribution < -0.4 is 16.0 Å². The molecule has 0 aliphatic heterocycles. The fourth-order valence-corrected chi connectivity index (χ4v) is 1.06. The third-order valence-electron chi connectivity index (χ3n) is 2.29. The molecule has 0 aromatic carbocycles. The molecule has 0 aliphatic carbocycles. The smallest absolute Gasteiger partial charge is 0.321 e. The van der Waals surface area contributed by atoms with E-state index in [1.54, 1.807) is 25.8 Å². The van der Waals surface area contributed by atoms with Crippen LogP contribution in [0.3, 0.4) is 0 Å². The number of likely N-dealkylation sites (N-methyl/N-ethyl adjacent to an activating group) is 2. The molecule has 1 atom stereocenters. The van der Waals surface area contributed by atoms with E-state index in [-0.39, 0.29) is 12.5 Å². The van der Waals surface area contributed by atoms with E-state index in [4.69, 9.17) is 0 Å². The zero-order valence-corrected chi connectivity index (χ0v) is 10.7. The van der Waals surface area contributed by atoms with Crippen LogP contribution >= 0.6 is 0 Å². The molecule has 0 radical (unpaired) electrons. The zero-order chi connectivity index (χ0) is 13.4. The first-order chi connectivity index (χ1) is 7.92. The summed E-state index contributed by atoms with van der Waals surface area (Å²) in [5.74, 6) is -0.632. The summed E-state index contributed by atoms with van der Waals surface area (Å²) in [4.78, 5) is 35.4. The third-order valence-corrected chi connectivity index (χ3v) is 2.29. The second kappa shape index (κ2) is 7.61. The first kappa shape index (κ1) is 15.4. The molecule has 3 N–H and O–H groups in total. The lowest BCUT2D eigenvalue weighted by molar-refractivity contribution is -0.126. The molecule has 4 amide bonds. The molecule has 17 heavy (non-hydrogen) atoms. The number of amides is 4. The molecule has 7 heteroatoms. The highest BCUT2D eigenvalue weighted by molar-refractivity contribution is 5.97. The van der Waals surface area contributed by atoms with Crippen LogP contribution in [-0.2, 0) is 9.59 Å². The second-order valence-corrected chi connectivity index (χ2v) is 3.61. The Kier molecular flexibility index (Phi) is 6.88. The highest BCUT2D eigenvalue weighted by Gasteiger charge is 2.21. The quantitative estimate of drug-likeness (QED) is 0.572. The molecule has 0 fully saturated rings. The van der Waals surface area contributed by atoms with Crippen molar-refractivity contribution in [2.24, 2.45) is 0 Å². The molecule has 0 saturated carbocycles. The summed E-state index contributed by atoms with van der Waals surface area (Å²) >= 11 is 0. The maximum atomic E-state index is 11.6. The Morgan fingerprint density at radius 1 is 1.29 bits per heavy atom. The van der Waals surface area contributed by atoms with Crippen LogP contribution in [0.5, 0.6) is 0 Å². The molecule has 0 bridgehead atoms. The summed E-state index contributed by atoms with van der Waals surface area (Å²) in [6.07, 6.45) is 0. The standard InChI is InChI=1S/C10H20N4O3/c1-5-12-10(17)13-9(16)7(2)14(4)6-8(15)11-3/h7H,5-6H2,1-4H3,(H,11,15)(H2,12,13,16,17). The number of hydrogen-bond donors (Lipinski definition) is 3. The van der Waals surface area contributed by atoms with Crippen molar-refractivity contribution in [2.75, 3.05) is 27.2 Å². The minimum atomic E-state index is -0.560.